The maximum Gasteiger partial charge on any atom is 0.166 e. The SMILES string of the molecule is CCOc1cccc(CNCCNCC(C)O)c1OCc1ccccc1F. The van der Waals surface area contributed by atoms with Crippen LogP contribution in [0.5, 0.6) is 11.5 Å². The number of aliphatic hydroxyl groups excluding tert-OH is 1. The zero-order valence-corrected chi connectivity index (χ0v) is 16.0. The van der Waals surface area contributed by atoms with Crippen LogP contribution in [-0.2, 0) is 13.2 Å². The van der Waals surface area contributed by atoms with Crippen molar-refractivity contribution >= 4 is 0 Å². The lowest BCUT2D eigenvalue weighted by molar-refractivity contribution is 0.191. The number of halogens is 1. The van der Waals surface area contributed by atoms with Crippen LogP contribution in [0.25, 0.3) is 0 Å². The van der Waals surface area contributed by atoms with Crippen LogP contribution < -0.4 is 20.1 Å². The van der Waals surface area contributed by atoms with Crippen molar-refractivity contribution in [3.8, 4) is 11.5 Å². The van der Waals surface area contributed by atoms with Gasteiger partial charge in [-0.15, -0.1) is 0 Å². The minimum absolute atomic E-state index is 0.139. The van der Waals surface area contributed by atoms with Crippen LogP contribution in [0.2, 0.25) is 0 Å². The van der Waals surface area contributed by atoms with Crippen LogP contribution in [-0.4, -0.2) is 37.5 Å². The number of rotatable bonds is 12. The molecule has 0 saturated carbocycles. The fourth-order valence-electron chi connectivity index (χ4n) is 2.61. The van der Waals surface area contributed by atoms with Crippen molar-refractivity contribution in [3.05, 3.63) is 59.4 Å². The molecule has 5 nitrogen and oxygen atoms in total. The van der Waals surface area contributed by atoms with Gasteiger partial charge in [-0.3, -0.25) is 0 Å². The topological polar surface area (TPSA) is 62.8 Å². The van der Waals surface area contributed by atoms with E-state index < -0.39 is 0 Å². The lowest BCUT2D eigenvalue weighted by atomic mass is 10.1. The molecule has 2 aromatic rings. The van der Waals surface area contributed by atoms with E-state index in [1.807, 2.05) is 25.1 Å². The molecule has 2 rings (SSSR count). The first-order chi connectivity index (χ1) is 13.1. The van der Waals surface area contributed by atoms with Crippen molar-refractivity contribution in [2.24, 2.45) is 0 Å². The normalized spacial score (nSPS) is 12.0. The first kappa shape index (κ1) is 21.2. The van der Waals surface area contributed by atoms with Crippen molar-refractivity contribution in [1.82, 2.24) is 10.6 Å². The highest BCUT2D eigenvalue weighted by Gasteiger charge is 2.12. The summed E-state index contributed by atoms with van der Waals surface area (Å²) in [6.07, 6.45) is -0.355. The molecule has 1 unspecified atom stereocenters. The number of ether oxygens (including phenoxy) is 2. The van der Waals surface area contributed by atoms with Gasteiger partial charge in [0.2, 0.25) is 0 Å². The standard InChI is InChI=1S/C21H29FN2O3/c1-3-26-20-10-6-8-17(14-24-12-11-23-13-16(2)25)21(20)27-15-18-7-4-5-9-19(18)22/h4-10,16,23-25H,3,11-15H2,1-2H3. The molecular formula is C21H29FN2O3. The summed E-state index contributed by atoms with van der Waals surface area (Å²) < 4.78 is 25.5. The van der Waals surface area contributed by atoms with E-state index in [9.17, 15) is 9.50 Å². The van der Waals surface area contributed by atoms with E-state index in [2.05, 4.69) is 10.6 Å². The lowest BCUT2D eigenvalue weighted by Crippen LogP contribution is -2.31. The second-order valence-electron chi connectivity index (χ2n) is 6.29. The van der Waals surface area contributed by atoms with Gasteiger partial charge in [-0.2, -0.15) is 0 Å². The van der Waals surface area contributed by atoms with E-state index in [1.165, 1.54) is 6.07 Å². The average Bonchev–Trinajstić information content (AvgIpc) is 2.65. The minimum Gasteiger partial charge on any atom is -0.490 e. The summed E-state index contributed by atoms with van der Waals surface area (Å²) >= 11 is 0. The summed E-state index contributed by atoms with van der Waals surface area (Å²) in [5.74, 6) is 1.00. The number of hydrogen-bond donors (Lipinski definition) is 3. The third-order valence-electron chi connectivity index (χ3n) is 3.92. The van der Waals surface area contributed by atoms with Gasteiger partial charge in [-0.25, -0.2) is 4.39 Å². The summed E-state index contributed by atoms with van der Waals surface area (Å²) in [7, 11) is 0. The second kappa shape index (κ2) is 11.5. The molecule has 0 heterocycles. The summed E-state index contributed by atoms with van der Waals surface area (Å²) in [6.45, 7) is 7.00. The van der Waals surface area contributed by atoms with Crippen LogP contribution in [0.3, 0.4) is 0 Å². The molecule has 1 atom stereocenters. The van der Waals surface area contributed by atoms with Crippen LogP contribution in [0, 0.1) is 5.82 Å². The van der Waals surface area contributed by atoms with Gasteiger partial charge in [0.05, 0.1) is 12.7 Å². The molecule has 0 aliphatic carbocycles. The molecule has 0 aliphatic heterocycles. The smallest absolute Gasteiger partial charge is 0.166 e. The molecule has 0 bridgehead atoms. The Morgan fingerprint density at radius 2 is 1.74 bits per heavy atom. The van der Waals surface area contributed by atoms with Crippen molar-refractivity contribution in [2.45, 2.75) is 33.1 Å². The molecular weight excluding hydrogens is 347 g/mol. The highest BCUT2D eigenvalue weighted by molar-refractivity contribution is 5.46. The van der Waals surface area contributed by atoms with Gasteiger partial charge in [-0.1, -0.05) is 30.3 Å². The molecule has 0 fully saturated rings. The molecule has 148 valence electrons. The third-order valence-corrected chi connectivity index (χ3v) is 3.92. The van der Waals surface area contributed by atoms with Crippen LogP contribution >= 0.6 is 0 Å². The van der Waals surface area contributed by atoms with Crippen molar-refractivity contribution < 1.29 is 19.0 Å². The highest BCUT2D eigenvalue weighted by atomic mass is 19.1. The molecule has 27 heavy (non-hydrogen) atoms. The zero-order chi connectivity index (χ0) is 19.5. The van der Waals surface area contributed by atoms with Crippen LogP contribution in [0.15, 0.2) is 42.5 Å². The van der Waals surface area contributed by atoms with Gasteiger partial charge in [-0.05, 0) is 26.0 Å². The molecule has 0 radical (unpaired) electrons. The van der Waals surface area contributed by atoms with Crippen molar-refractivity contribution in [1.29, 1.82) is 0 Å². The van der Waals surface area contributed by atoms with E-state index in [-0.39, 0.29) is 18.5 Å². The van der Waals surface area contributed by atoms with Gasteiger partial charge >= 0.3 is 0 Å². The Morgan fingerprint density at radius 1 is 1.00 bits per heavy atom. The Morgan fingerprint density at radius 3 is 2.48 bits per heavy atom. The molecule has 0 amide bonds. The Bertz CT molecular complexity index is 695. The molecule has 6 heteroatoms. The highest BCUT2D eigenvalue weighted by Crippen LogP contribution is 2.32. The summed E-state index contributed by atoms with van der Waals surface area (Å²) in [5, 5.41) is 15.7. The lowest BCUT2D eigenvalue weighted by Gasteiger charge is -2.17. The Balaban J connectivity index is 1.99. The molecule has 3 N–H and O–H groups in total. The summed E-state index contributed by atoms with van der Waals surface area (Å²) in [5.41, 5.74) is 1.46. The van der Waals surface area contributed by atoms with Gasteiger partial charge in [0, 0.05) is 37.3 Å². The number of hydrogen-bond acceptors (Lipinski definition) is 5. The molecule has 0 aliphatic rings. The Labute approximate surface area is 160 Å². The summed E-state index contributed by atoms with van der Waals surface area (Å²) in [4.78, 5) is 0. The van der Waals surface area contributed by atoms with Gasteiger partial charge in [0.15, 0.2) is 11.5 Å². The third kappa shape index (κ3) is 7.17. The molecule has 0 spiro atoms. The largest absolute Gasteiger partial charge is 0.490 e. The Hall–Kier alpha value is -2.15. The number of aliphatic hydroxyl groups is 1. The van der Waals surface area contributed by atoms with E-state index in [0.29, 0.717) is 36.8 Å². The maximum absolute atomic E-state index is 13.9. The van der Waals surface area contributed by atoms with E-state index in [4.69, 9.17) is 9.47 Å². The van der Waals surface area contributed by atoms with Crippen molar-refractivity contribution in [2.75, 3.05) is 26.2 Å². The van der Waals surface area contributed by atoms with Gasteiger partial charge in [0.25, 0.3) is 0 Å². The number of benzene rings is 2. The average molecular weight is 376 g/mol. The fraction of sp³-hybridized carbons (Fsp3) is 0.429. The van der Waals surface area contributed by atoms with Crippen LogP contribution in [0.1, 0.15) is 25.0 Å². The first-order valence-corrected chi connectivity index (χ1v) is 9.32. The second-order valence-corrected chi connectivity index (χ2v) is 6.29. The maximum atomic E-state index is 13.9. The van der Waals surface area contributed by atoms with E-state index in [0.717, 1.165) is 18.7 Å². The van der Waals surface area contributed by atoms with E-state index >= 15 is 0 Å². The number of nitrogens with one attached hydrogen (secondary N) is 2. The quantitative estimate of drug-likeness (QED) is 0.497. The van der Waals surface area contributed by atoms with Gasteiger partial charge < -0.3 is 25.2 Å². The minimum atomic E-state index is -0.355. The zero-order valence-electron chi connectivity index (χ0n) is 16.0. The molecule has 0 saturated heterocycles. The van der Waals surface area contributed by atoms with Crippen molar-refractivity contribution in [3.63, 3.8) is 0 Å². The Kier molecular flexibility index (Phi) is 9.04. The number of para-hydroxylation sites is 1. The molecule has 2 aromatic carbocycles. The van der Waals surface area contributed by atoms with Crippen LogP contribution in [0.4, 0.5) is 4.39 Å². The predicted octanol–water partition coefficient (Wildman–Crippen LogP) is 2.86. The first-order valence-electron chi connectivity index (χ1n) is 9.32. The molecule has 0 aromatic heterocycles. The predicted molar refractivity (Wildman–Crippen MR) is 105 cm³/mol. The fourth-order valence-corrected chi connectivity index (χ4v) is 2.61. The monoisotopic (exact) mass is 376 g/mol. The summed E-state index contributed by atoms with van der Waals surface area (Å²) in [6, 6.07) is 12.3. The van der Waals surface area contributed by atoms with Gasteiger partial charge in [0.1, 0.15) is 12.4 Å². The van der Waals surface area contributed by atoms with E-state index in [1.54, 1.807) is 25.1 Å².